The van der Waals surface area contributed by atoms with E-state index in [1.165, 1.54) is 0 Å². The summed E-state index contributed by atoms with van der Waals surface area (Å²) in [5.74, 6) is -3.76. The standard InChI is InChI=1S/C11H12ClF2NO3S/c1-3-6(2)15-11(16)8-4-7(19(12,17)18)5-9(13)10(8)14/h4-6H,3H2,1-2H3,(H,15,16). The van der Waals surface area contributed by atoms with Gasteiger partial charge in [-0.3, -0.25) is 4.79 Å². The van der Waals surface area contributed by atoms with Crippen LogP contribution in [-0.4, -0.2) is 20.4 Å². The highest BCUT2D eigenvalue weighted by molar-refractivity contribution is 8.13. The number of hydrogen-bond acceptors (Lipinski definition) is 3. The van der Waals surface area contributed by atoms with E-state index in [0.717, 1.165) is 0 Å². The van der Waals surface area contributed by atoms with Crippen LogP contribution >= 0.6 is 10.7 Å². The molecule has 4 nitrogen and oxygen atoms in total. The summed E-state index contributed by atoms with van der Waals surface area (Å²) in [5, 5.41) is 2.41. The van der Waals surface area contributed by atoms with Crippen LogP contribution in [0.25, 0.3) is 0 Å². The predicted octanol–water partition coefficient (Wildman–Crippen LogP) is 2.42. The molecule has 1 aromatic carbocycles. The smallest absolute Gasteiger partial charge is 0.261 e. The van der Waals surface area contributed by atoms with E-state index >= 15 is 0 Å². The molecule has 0 aliphatic rings. The van der Waals surface area contributed by atoms with E-state index in [0.29, 0.717) is 18.6 Å². The van der Waals surface area contributed by atoms with Crippen molar-refractivity contribution in [2.75, 3.05) is 0 Å². The summed E-state index contributed by atoms with van der Waals surface area (Å²) in [4.78, 5) is 11.0. The Morgan fingerprint density at radius 1 is 1.42 bits per heavy atom. The molecule has 0 aliphatic heterocycles. The maximum Gasteiger partial charge on any atom is 0.261 e. The summed E-state index contributed by atoms with van der Waals surface area (Å²) in [6, 6.07) is 0.877. The van der Waals surface area contributed by atoms with Crippen LogP contribution in [0.5, 0.6) is 0 Å². The zero-order valence-corrected chi connectivity index (χ0v) is 11.8. The molecule has 0 bridgehead atoms. The van der Waals surface area contributed by atoms with Crippen molar-refractivity contribution in [1.29, 1.82) is 0 Å². The highest BCUT2D eigenvalue weighted by Crippen LogP contribution is 2.21. The Bertz CT molecular complexity index is 604. The van der Waals surface area contributed by atoms with Crippen molar-refractivity contribution in [2.24, 2.45) is 0 Å². The zero-order chi connectivity index (χ0) is 14.8. The van der Waals surface area contributed by atoms with Gasteiger partial charge in [0.25, 0.3) is 15.0 Å². The topological polar surface area (TPSA) is 63.2 Å². The maximum atomic E-state index is 13.5. The van der Waals surface area contributed by atoms with E-state index < -0.39 is 37.1 Å². The SMILES string of the molecule is CCC(C)NC(=O)c1cc(S(=O)(=O)Cl)cc(F)c1F. The van der Waals surface area contributed by atoms with Gasteiger partial charge in [0.1, 0.15) is 0 Å². The average Bonchev–Trinajstić information content (AvgIpc) is 2.30. The first-order valence-electron chi connectivity index (χ1n) is 5.41. The normalized spacial score (nSPS) is 13.1. The fourth-order valence-electron chi connectivity index (χ4n) is 1.27. The molecule has 1 unspecified atom stereocenters. The molecule has 0 radical (unpaired) electrons. The van der Waals surface area contributed by atoms with E-state index in [-0.39, 0.29) is 6.04 Å². The number of rotatable bonds is 4. The van der Waals surface area contributed by atoms with E-state index in [9.17, 15) is 22.0 Å². The van der Waals surface area contributed by atoms with Gasteiger partial charge in [0.15, 0.2) is 11.6 Å². The number of amides is 1. The Morgan fingerprint density at radius 3 is 2.47 bits per heavy atom. The summed E-state index contributed by atoms with van der Waals surface area (Å²) in [7, 11) is 0.797. The lowest BCUT2D eigenvalue weighted by Crippen LogP contribution is -2.32. The van der Waals surface area contributed by atoms with Gasteiger partial charge in [0.05, 0.1) is 10.5 Å². The molecule has 0 saturated heterocycles. The summed E-state index contributed by atoms with van der Waals surface area (Å²) >= 11 is 0. The van der Waals surface area contributed by atoms with Gasteiger partial charge in [-0.2, -0.15) is 0 Å². The highest BCUT2D eigenvalue weighted by Gasteiger charge is 2.22. The van der Waals surface area contributed by atoms with Gasteiger partial charge >= 0.3 is 0 Å². The Labute approximate surface area is 114 Å². The fourth-order valence-corrected chi connectivity index (χ4v) is 2.04. The molecule has 1 atom stereocenters. The summed E-state index contributed by atoms with van der Waals surface area (Å²) in [6.07, 6.45) is 0.587. The molecule has 106 valence electrons. The molecule has 0 aliphatic carbocycles. The summed E-state index contributed by atoms with van der Waals surface area (Å²) in [5.41, 5.74) is -0.695. The minimum Gasteiger partial charge on any atom is -0.350 e. The molecule has 1 rings (SSSR count). The van der Waals surface area contributed by atoms with Crippen LogP contribution in [-0.2, 0) is 9.05 Å². The second-order valence-corrected chi connectivity index (χ2v) is 6.55. The van der Waals surface area contributed by atoms with Crippen LogP contribution in [0.15, 0.2) is 17.0 Å². The predicted molar refractivity (Wildman–Crippen MR) is 66.6 cm³/mol. The van der Waals surface area contributed by atoms with E-state index in [2.05, 4.69) is 5.32 Å². The molecule has 0 heterocycles. The Kier molecular flexibility index (Phi) is 4.86. The number of hydrogen-bond donors (Lipinski definition) is 1. The van der Waals surface area contributed by atoms with Crippen LogP contribution in [0.1, 0.15) is 30.6 Å². The fraction of sp³-hybridized carbons (Fsp3) is 0.364. The highest BCUT2D eigenvalue weighted by atomic mass is 35.7. The van der Waals surface area contributed by atoms with Crippen molar-refractivity contribution in [3.8, 4) is 0 Å². The molecule has 1 aromatic rings. The first-order valence-corrected chi connectivity index (χ1v) is 7.72. The quantitative estimate of drug-likeness (QED) is 0.869. The third-order valence-corrected chi connectivity index (χ3v) is 3.85. The van der Waals surface area contributed by atoms with Crippen molar-refractivity contribution in [3.05, 3.63) is 29.3 Å². The second-order valence-electron chi connectivity index (χ2n) is 3.99. The van der Waals surface area contributed by atoms with Crippen molar-refractivity contribution < 1.29 is 22.0 Å². The average molecular weight is 312 g/mol. The molecule has 0 saturated carbocycles. The van der Waals surface area contributed by atoms with Crippen LogP contribution in [0, 0.1) is 11.6 Å². The van der Waals surface area contributed by atoms with Crippen LogP contribution < -0.4 is 5.32 Å². The van der Waals surface area contributed by atoms with Gasteiger partial charge in [-0.25, -0.2) is 17.2 Å². The molecule has 0 fully saturated rings. The van der Waals surface area contributed by atoms with E-state index in [4.69, 9.17) is 10.7 Å². The lowest BCUT2D eigenvalue weighted by Gasteiger charge is -2.12. The molecule has 19 heavy (non-hydrogen) atoms. The third-order valence-electron chi connectivity index (χ3n) is 2.52. The summed E-state index contributed by atoms with van der Waals surface area (Å²) in [6.45, 7) is 3.47. The summed E-state index contributed by atoms with van der Waals surface area (Å²) < 4.78 is 49.0. The molecule has 0 aromatic heterocycles. The monoisotopic (exact) mass is 311 g/mol. The Balaban J connectivity index is 3.27. The number of halogens is 3. The lowest BCUT2D eigenvalue weighted by molar-refractivity contribution is 0.0934. The first-order chi connectivity index (χ1) is 8.66. The van der Waals surface area contributed by atoms with Gasteiger partial charge in [-0.05, 0) is 25.5 Å². The third kappa shape index (κ3) is 3.87. The lowest BCUT2D eigenvalue weighted by atomic mass is 10.1. The molecule has 1 N–H and O–H groups in total. The van der Waals surface area contributed by atoms with Crippen LogP contribution in [0.3, 0.4) is 0 Å². The number of nitrogens with one attached hydrogen (secondary N) is 1. The number of carbonyl (C=O) groups excluding carboxylic acids is 1. The van der Waals surface area contributed by atoms with Gasteiger partial charge in [0, 0.05) is 16.7 Å². The first kappa shape index (κ1) is 15.8. The molecular weight excluding hydrogens is 300 g/mol. The van der Waals surface area contributed by atoms with Gasteiger partial charge in [-0.15, -0.1) is 0 Å². The van der Waals surface area contributed by atoms with Gasteiger partial charge in [-0.1, -0.05) is 6.92 Å². The van der Waals surface area contributed by atoms with Gasteiger partial charge < -0.3 is 5.32 Å². The van der Waals surface area contributed by atoms with Crippen LogP contribution in [0.4, 0.5) is 8.78 Å². The largest absolute Gasteiger partial charge is 0.350 e. The molecular formula is C11H12ClF2NO3S. The van der Waals surface area contributed by atoms with Crippen molar-refractivity contribution in [1.82, 2.24) is 5.32 Å². The molecule has 8 heteroatoms. The minimum absolute atomic E-state index is 0.258. The van der Waals surface area contributed by atoms with Crippen molar-refractivity contribution in [2.45, 2.75) is 31.2 Å². The van der Waals surface area contributed by atoms with Crippen molar-refractivity contribution >= 4 is 25.6 Å². The Hall–Kier alpha value is -1.21. The van der Waals surface area contributed by atoms with Crippen molar-refractivity contribution in [3.63, 3.8) is 0 Å². The number of carbonyl (C=O) groups is 1. The molecule has 0 spiro atoms. The molecule has 1 amide bonds. The maximum absolute atomic E-state index is 13.5. The Morgan fingerprint density at radius 2 is 2.00 bits per heavy atom. The minimum atomic E-state index is -4.25. The van der Waals surface area contributed by atoms with Gasteiger partial charge in [0.2, 0.25) is 0 Å². The zero-order valence-electron chi connectivity index (χ0n) is 10.2. The van der Waals surface area contributed by atoms with E-state index in [1.54, 1.807) is 13.8 Å². The second kappa shape index (κ2) is 5.83. The van der Waals surface area contributed by atoms with E-state index in [1.807, 2.05) is 0 Å². The van der Waals surface area contributed by atoms with Crippen LogP contribution in [0.2, 0.25) is 0 Å². The number of benzene rings is 1.